The van der Waals surface area contributed by atoms with E-state index in [1.165, 1.54) is 11.1 Å². The zero-order valence-electron chi connectivity index (χ0n) is 11.4. The lowest BCUT2D eigenvalue weighted by molar-refractivity contribution is 0.561. The van der Waals surface area contributed by atoms with Gasteiger partial charge in [-0.1, -0.05) is 28.1 Å². The first-order chi connectivity index (χ1) is 9.61. The molecule has 102 valence electrons. The second-order valence-electron chi connectivity index (χ2n) is 4.85. The van der Waals surface area contributed by atoms with Crippen molar-refractivity contribution in [2.75, 3.05) is 5.32 Å². The van der Waals surface area contributed by atoms with Crippen molar-refractivity contribution in [1.82, 2.24) is 4.98 Å². The quantitative estimate of drug-likeness (QED) is 0.748. The third-order valence-electron chi connectivity index (χ3n) is 3.23. The minimum absolute atomic E-state index is 0.694. The molecule has 0 aliphatic heterocycles. The summed E-state index contributed by atoms with van der Waals surface area (Å²) in [6, 6.07) is 12.4. The van der Waals surface area contributed by atoms with E-state index in [1.54, 1.807) is 0 Å². The maximum atomic E-state index is 5.47. The number of aromatic nitrogens is 1. The van der Waals surface area contributed by atoms with Crippen molar-refractivity contribution in [2.45, 2.75) is 20.4 Å². The molecule has 4 heteroatoms. The monoisotopic (exact) mass is 330 g/mol. The van der Waals surface area contributed by atoms with Crippen molar-refractivity contribution in [3.63, 3.8) is 0 Å². The van der Waals surface area contributed by atoms with Crippen LogP contribution < -0.4 is 5.32 Å². The summed E-state index contributed by atoms with van der Waals surface area (Å²) in [6.07, 6.45) is 0. The predicted octanol–water partition coefficient (Wildman–Crippen LogP) is 4.82. The highest BCUT2D eigenvalue weighted by molar-refractivity contribution is 9.10. The van der Waals surface area contributed by atoms with Crippen LogP contribution >= 0.6 is 15.9 Å². The predicted molar refractivity (Wildman–Crippen MR) is 85.0 cm³/mol. The molecule has 3 aromatic rings. The van der Waals surface area contributed by atoms with E-state index in [1.807, 2.05) is 25.1 Å². The van der Waals surface area contributed by atoms with E-state index >= 15 is 0 Å². The molecule has 0 amide bonds. The van der Waals surface area contributed by atoms with Gasteiger partial charge < -0.3 is 9.73 Å². The Morgan fingerprint density at radius 1 is 1.15 bits per heavy atom. The molecule has 0 radical (unpaired) electrons. The number of fused-ring (bicyclic) bond motifs is 1. The number of nitrogens with zero attached hydrogens (tertiary/aromatic N) is 1. The largest absolute Gasteiger partial charge is 0.441 e. The van der Waals surface area contributed by atoms with Gasteiger partial charge in [-0.15, -0.1) is 0 Å². The Morgan fingerprint density at radius 3 is 2.80 bits per heavy atom. The van der Waals surface area contributed by atoms with E-state index in [2.05, 4.69) is 51.4 Å². The zero-order chi connectivity index (χ0) is 14.1. The first kappa shape index (κ1) is 13.2. The van der Waals surface area contributed by atoms with Crippen LogP contribution in [0.5, 0.6) is 0 Å². The second-order valence-corrected chi connectivity index (χ2v) is 5.71. The van der Waals surface area contributed by atoms with E-state index < -0.39 is 0 Å². The Bertz CT molecular complexity index is 764. The molecule has 0 bridgehead atoms. The molecule has 1 heterocycles. The van der Waals surface area contributed by atoms with Crippen LogP contribution in [0.25, 0.3) is 11.1 Å². The van der Waals surface area contributed by atoms with E-state index in [0.717, 1.165) is 27.8 Å². The molecule has 0 fully saturated rings. The van der Waals surface area contributed by atoms with Gasteiger partial charge in [-0.25, -0.2) is 4.98 Å². The third-order valence-corrected chi connectivity index (χ3v) is 4.08. The van der Waals surface area contributed by atoms with Gasteiger partial charge in [0.2, 0.25) is 0 Å². The SMILES string of the molecule is Cc1nc2cc(NCc3ccc(C)c(Br)c3)ccc2o1. The minimum Gasteiger partial charge on any atom is -0.441 e. The van der Waals surface area contributed by atoms with E-state index in [-0.39, 0.29) is 0 Å². The van der Waals surface area contributed by atoms with Crippen LogP contribution in [0.15, 0.2) is 45.3 Å². The average Bonchev–Trinajstić information content (AvgIpc) is 2.79. The average molecular weight is 331 g/mol. The number of benzene rings is 2. The number of oxazole rings is 1. The molecule has 0 unspecified atom stereocenters. The highest BCUT2D eigenvalue weighted by Crippen LogP contribution is 2.21. The molecule has 0 aliphatic rings. The Labute approximate surface area is 126 Å². The maximum absolute atomic E-state index is 5.47. The van der Waals surface area contributed by atoms with Crippen LogP contribution in [0.2, 0.25) is 0 Å². The van der Waals surface area contributed by atoms with Crippen LogP contribution in [0.1, 0.15) is 17.0 Å². The second kappa shape index (κ2) is 5.29. The summed E-state index contributed by atoms with van der Waals surface area (Å²) in [5, 5.41) is 3.41. The molecule has 1 aromatic heterocycles. The van der Waals surface area contributed by atoms with Crippen molar-refractivity contribution in [1.29, 1.82) is 0 Å². The number of nitrogens with one attached hydrogen (secondary N) is 1. The number of hydrogen-bond acceptors (Lipinski definition) is 3. The Kier molecular flexibility index (Phi) is 3.49. The lowest BCUT2D eigenvalue weighted by atomic mass is 10.1. The standard InChI is InChI=1S/C16H15BrN2O/c1-10-3-4-12(7-14(10)17)9-18-13-5-6-16-15(8-13)19-11(2)20-16/h3-8,18H,9H2,1-2H3. The van der Waals surface area contributed by atoms with Gasteiger partial charge in [-0.2, -0.15) is 0 Å². The normalized spacial score (nSPS) is 10.9. The van der Waals surface area contributed by atoms with E-state index in [4.69, 9.17) is 4.42 Å². The number of anilines is 1. The van der Waals surface area contributed by atoms with E-state index in [0.29, 0.717) is 5.89 Å². The Balaban J connectivity index is 1.77. The molecule has 0 spiro atoms. The Hall–Kier alpha value is -1.81. The van der Waals surface area contributed by atoms with Gasteiger partial charge in [-0.3, -0.25) is 0 Å². The van der Waals surface area contributed by atoms with Crippen molar-refractivity contribution < 1.29 is 4.42 Å². The smallest absolute Gasteiger partial charge is 0.192 e. The molecule has 2 aromatic carbocycles. The Morgan fingerprint density at radius 2 is 2.00 bits per heavy atom. The van der Waals surface area contributed by atoms with Crippen molar-refractivity contribution in [3.05, 3.63) is 57.9 Å². The number of hydrogen-bond donors (Lipinski definition) is 1. The summed E-state index contributed by atoms with van der Waals surface area (Å²) >= 11 is 3.56. The number of aryl methyl sites for hydroxylation is 2. The fourth-order valence-electron chi connectivity index (χ4n) is 2.10. The van der Waals surface area contributed by atoms with Crippen molar-refractivity contribution in [2.24, 2.45) is 0 Å². The first-order valence-corrected chi connectivity index (χ1v) is 7.27. The molecule has 0 aliphatic carbocycles. The fraction of sp³-hybridized carbons (Fsp3) is 0.188. The molecular formula is C16H15BrN2O. The molecule has 20 heavy (non-hydrogen) atoms. The number of rotatable bonds is 3. The number of halogens is 1. The topological polar surface area (TPSA) is 38.1 Å². The summed E-state index contributed by atoms with van der Waals surface area (Å²) in [4.78, 5) is 4.34. The van der Waals surface area contributed by atoms with Gasteiger partial charge in [0, 0.05) is 23.6 Å². The molecule has 1 N–H and O–H groups in total. The van der Waals surface area contributed by atoms with Crippen molar-refractivity contribution >= 4 is 32.7 Å². The summed E-state index contributed by atoms with van der Waals surface area (Å²) < 4.78 is 6.61. The van der Waals surface area contributed by atoms with Gasteiger partial charge in [0.1, 0.15) is 5.52 Å². The van der Waals surface area contributed by atoms with Gasteiger partial charge in [0.15, 0.2) is 11.5 Å². The summed E-state index contributed by atoms with van der Waals surface area (Å²) in [5.74, 6) is 0.694. The summed E-state index contributed by atoms with van der Waals surface area (Å²) in [7, 11) is 0. The van der Waals surface area contributed by atoms with Crippen LogP contribution in [0.3, 0.4) is 0 Å². The van der Waals surface area contributed by atoms with Crippen LogP contribution in [0.4, 0.5) is 5.69 Å². The molecule has 3 rings (SSSR count). The molecular weight excluding hydrogens is 316 g/mol. The fourth-order valence-corrected chi connectivity index (χ4v) is 2.53. The van der Waals surface area contributed by atoms with E-state index in [9.17, 15) is 0 Å². The van der Waals surface area contributed by atoms with Crippen LogP contribution in [-0.2, 0) is 6.54 Å². The van der Waals surface area contributed by atoms with Crippen molar-refractivity contribution in [3.8, 4) is 0 Å². The minimum atomic E-state index is 0.694. The lowest BCUT2D eigenvalue weighted by Crippen LogP contribution is -1.99. The van der Waals surface area contributed by atoms with Gasteiger partial charge in [0.25, 0.3) is 0 Å². The first-order valence-electron chi connectivity index (χ1n) is 6.48. The molecule has 0 saturated heterocycles. The maximum Gasteiger partial charge on any atom is 0.192 e. The van der Waals surface area contributed by atoms with Crippen LogP contribution in [-0.4, -0.2) is 4.98 Å². The van der Waals surface area contributed by atoms with Gasteiger partial charge in [0.05, 0.1) is 0 Å². The molecule has 3 nitrogen and oxygen atoms in total. The molecule has 0 atom stereocenters. The summed E-state index contributed by atoms with van der Waals surface area (Å²) in [5.41, 5.74) is 5.23. The highest BCUT2D eigenvalue weighted by Gasteiger charge is 2.03. The summed E-state index contributed by atoms with van der Waals surface area (Å²) in [6.45, 7) is 4.72. The lowest BCUT2D eigenvalue weighted by Gasteiger charge is -2.07. The zero-order valence-corrected chi connectivity index (χ0v) is 13.0. The third kappa shape index (κ3) is 2.70. The molecule has 0 saturated carbocycles. The van der Waals surface area contributed by atoms with Gasteiger partial charge >= 0.3 is 0 Å². The van der Waals surface area contributed by atoms with Crippen LogP contribution in [0, 0.1) is 13.8 Å². The highest BCUT2D eigenvalue weighted by atomic mass is 79.9. The van der Waals surface area contributed by atoms with Gasteiger partial charge in [-0.05, 0) is 42.3 Å².